The predicted molar refractivity (Wildman–Crippen MR) is 121 cm³/mol. The SMILES string of the molecule is CCOc1ccc2c(Nc3cc(-c4cc(Cl)ccc4F)nnc3OCCO)ccnc2c1. The molecule has 4 aromatic rings. The van der Waals surface area contributed by atoms with Crippen LogP contribution in [0.2, 0.25) is 5.02 Å². The first-order chi connectivity index (χ1) is 15.6. The Labute approximate surface area is 188 Å². The molecule has 0 bridgehead atoms. The van der Waals surface area contributed by atoms with Gasteiger partial charge in [0.15, 0.2) is 0 Å². The first-order valence-electron chi connectivity index (χ1n) is 9.94. The molecule has 0 aliphatic rings. The number of anilines is 2. The number of halogens is 2. The lowest BCUT2D eigenvalue weighted by atomic mass is 10.1. The summed E-state index contributed by atoms with van der Waals surface area (Å²) < 4.78 is 25.5. The molecular formula is C23H20ClFN4O3. The van der Waals surface area contributed by atoms with Crippen molar-refractivity contribution in [3.8, 4) is 22.9 Å². The molecule has 32 heavy (non-hydrogen) atoms. The molecule has 0 spiro atoms. The van der Waals surface area contributed by atoms with Crippen LogP contribution in [0.1, 0.15) is 6.92 Å². The van der Waals surface area contributed by atoms with Crippen LogP contribution < -0.4 is 14.8 Å². The van der Waals surface area contributed by atoms with Gasteiger partial charge in [0.2, 0.25) is 0 Å². The van der Waals surface area contributed by atoms with Crippen LogP contribution in [0.3, 0.4) is 0 Å². The fourth-order valence-electron chi connectivity index (χ4n) is 3.18. The molecule has 2 N–H and O–H groups in total. The molecule has 7 nitrogen and oxygen atoms in total. The summed E-state index contributed by atoms with van der Waals surface area (Å²) in [4.78, 5) is 4.41. The van der Waals surface area contributed by atoms with Crippen LogP contribution in [0.5, 0.6) is 11.6 Å². The maximum absolute atomic E-state index is 14.4. The van der Waals surface area contributed by atoms with Crippen molar-refractivity contribution in [2.24, 2.45) is 0 Å². The number of fused-ring (bicyclic) bond motifs is 1. The molecule has 0 aliphatic carbocycles. The number of ether oxygens (including phenoxy) is 2. The number of aliphatic hydroxyl groups is 1. The van der Waals surface area contributed by atoms with Gasteiger partial charge in [-0.2, -0.15) is 0 Å². The Morgan fingerprint density at radius 2 is 1.91 bits per heavy atom. The lowest BCUT2D eigenvalue weighted by molar-refractivity contribution is 0.196. The van der Waals surface area contributed by atoms with E-state index in [4.69, 9.17) is 26.2 Å². The molecule has 164 valence electrons. The van der Waals surface area contributed by atoms with E-state index in [1.807, 2.05) is 25.1 Å². The van der Waals surface area contributed by atoms with Gasteiger partial charge >= 0.3 is 0 Å². The molecular weight excluding hydrogens is 435 g/mol. The van der Waals surface area contributed by atoms with Crippen molar-refractivity contribution in [3.63, 3.8) is 0 Å². The van der Waals surface area contributed by atoms with E-state index in [0.717, 1.165) is 22.3 Å². The number of rotatable bonds is 8. The topological polar surface area (TPSA) is 89.4 Å². The molecule has 0 aliphatic heterocycles. The third kappa shape index (κ3) is 4.71. The van der Waals surface area contributed by atoms with Gasteiger partial charge in [0.05, 0.1) is 24.4 Å². The maximum atomic E-state index is 14.4. The lowest BCUT2D eigenvalue weighted by Crippen LogP contribution is -2.07. The smallest absolute Gasteiger partial charge is 0.257 e. The standard InChI is InChI=1S/C23H20ClFN4O3/c1-2-31-15-4-5-16-19(7-8-26-20(16)12-15)27-22-13-21(28-29-23(22)32-10-9-30)17-11-14(24)3-6-18(17)25/h3-8,11-13,30H,2,9-10H2,1H3,(H,26,27,28). The summed E-state index contributed by atoms with van der Waals surface area (Å²) in [5, 5.41) is 21.8. The second-order valence-electron chi connectivity index (χ2n) is 6.74. The van der Waals surface area contributed by atoms with Crippen molar-refractivity contribution in [2.45, 2.75) is 6.92 Å². The first-order valence-corrected chi connectivity index (χ1v) is 10.3. The van der Waals surface area contributed by atoms with Gasteiger partial charge in [-0.25, -0.2) is 4.39 Å². The Bertz CT molecular complexity index is 1260. The van der Waals surface area contributed by atoms with Gasteiger partial charge < -0.3 is 19.9 Å². The average molecular weight is 455 g/mol. The van der Waals surface area contributed by atoms with Crippen molar-refractivity contribution >= 4 is 33.9 Å². The van der Waals surface area contributed by atoms with Crippen LogP contribution in [-0.4, -0.2) is 40.1 Å². The van der Waals surface area contributed by atoms with Crippen molar-refractivity contribution in [1.29, 1.82) is 0 Å². The number of nitrogens with zero attached hydrogens (tertiary/aromatic N) is 3. The normalized spacial score (nSPS) is 10.9. The van der Waals surface area contributed by atoms with Gasteiger partial charge in [-0.15, -0.1) is 10.2 Å². The van der Waals surface area contributed by atoms with Crippen molar-refractivity contribution < 1.29 is 19.0 Å². The minimum absolute atomic E-state index is 0.0308. The number of hydrogen-bond acceptors (Lipinski definition) is 7. The summed E-state index contributed by atoms with van der Waals surface area (Å²) >= 11 is 6.04. The highest BCUT2D eigenvalue weighted by atomic mass is 35.5. The van der Waals surface area contributed by atoms with Crippen molar-refractivity contribution in [1.82, 2.24) is 15.2 Å². The number of aliphatic hydroxyl groups excluding tert-OH is 1. The Morgan fingerprint density at radius 3 is 2.72 bits per heavy atom. The Morgan fingerprint density at radius 1 is 1.03 bits per heavy atom. The van der Waals surface area contributed by atoms with Crippen LogP contribution in [0.15, 0.2) is 54.7 Å². The van der Waals surface area contributed by atoms with Gasteiger partial charge in [-0.1, -0.05) is 11.6 Å². The molecule has 0 fully saturated rings. The summed E-state index contributed by atoms with van der Waals surface area (Å²) in [7, 11) is 0. The third-order valence-electron chi connectivity index (χ3n) is 4.59. The van der Waals surface area contributed by atoms with Crippen LogP contribution in [-0.2, 0) is 0 Å². The van der Waals surface area contributed by atoms with Gasteiger partial charge in [-0.3, -0.25) is 4.98 Å². The monoisotopic (exact) mass is 454 g/mol. The average Bonchev–Trinajstić information content (AvgIpc) is 2.80. The Kier molecular flexibility index (Phi) is 6.63. The fraction of sp³-hybridized carbons (Fsp3) is 0.174. The Balaban J connectivity index is 1.77. The molecule has 0 radical (unpaired) electrons. The number of benzene rings is 2. The van der Waals surface area contributed by atoms with E-state index >= 15 is 0 Å². The van der Waals surface area contributed by atoms with E-state index in [0.29, 0.717) is 17.3 Å². The molecule has 4 rings (SSSR count). The van der Waals surface area contributed by atoms with Crippen LogP contribution >= 0.6 is 11.6 Å². The number of pyridine rings is 1. The largest absolute Gasteiger partial charge is 0.494 e. The zero-order valence-corrected chi connectivity index (χ0v) is 17.9. The second-order valence-corrected chi connectivity index (χ2v) is 7.18. The van der Waals surface area contributed by atoms with E-state index in [1.54, 1.807) is 18.3 Å². The second kappa shape index (κ2) is 9.76. The fourth-order valence-corrected chi connectivity index (χ4v) is 3.35. The van der Waals surface area contributed by atoms with Gasteiger partial charge in [0.25, 0.3) is 5.88 Å². The predicted octanol–water partition coefficient (Wildman–Crippen LogP) is 5.00. The number of nitrogens with one attached hydrogen (secondary N) is 1. The molecule has 2 heterocycles. The summed E-state index contributed by atoms with van der Waals surface area (Å²) in [6.45, 7) is 2.31. The van der Waals surface area contributed by atoms with Crippen LogP contribution in [0, 0.1) is 5.82 Å². The summed E-state index contributed by atoms with van der Waals surface area (Å²) in [5.41, 5.74) is 2.41. The van der Waals surface area contributed by atoms with Gasteiger partial charge in [0, 0.05) is 33.9 Å². The molecule has 9 heteroatoms. The Hall–Kier alpha value is -3.49. The minimum Gasteiger partial charge on any atom is -0.494 e. The van der Waals surface area contributed by atoms with E-state index in [2.05, 4.69) is 20.5 Å². The molecule has 2 aromatic heterocycles. The van der Waals surface area contributed by atoms with Crippen molar-refractivity contribution in [3.05, 3.63) is 65.6 Å². The lowest BCUT2D eigenvalue weighted by Gasteiger charge is -2.14. The summed E-state index contributed by atoms with van der Waals surface area (Å²) in [6, 6.07) is 13.3. The minimum atomic E-state index is -0.475. The molecule has 0 saturated heterocycles. The van der Waals surface area contributed by atoms with Crippen molar-refractivity contribution in [2.75, 3.05) is 25.1 Å². The number of aromatic nitrogens is 3. The van der Waals surface area contributed by atoms with E-state index in [1.165, 1.54) is 18.2 Å². The quantitative estimate of drug-likeness (QED) is 0.387. The molecule has 0 atom stereocenters. The van der Waals surface area contributed by atoms with E-state index in [-0.39, 0.29) is 30.4 Å². The first kappa shape index (κ1) is 21.7. The van der Waals surface area contributed by atoms with E-state index < -0.39 is 5.82 Å². The summed E-state index contributed by atoms with van der Waals surface area (Å²) in [6.07, 6.45) is 1.67. The number of hydrogen-bond donors (Lipinski definition) is 2. The zero-order chi connectivity index (χ0) is 22.5. The zero-order valence-electron chi connectivity index (χ0n) is 17.2. The molecule has 0 saturated carbocycles. The van der Waals surface area contributed by atoms with Crippen LogP contribution in [0.4, 0.5) is 15.8 Å². The highest BCUT2D eigenvalue weighted by molar-refractivity contribution is 6.30. The summed E-state index contributed by atoms with van der Waals surface area (Å²) in [5.74, 6) is 0.415. The van der Waals surface area contributed by atoms with Crippen LogP contribution in [0.25, 0.3) is 22.2 Å². The highest BCUT2D eigenvalue weighted by Crippen LogP contribution is 2.34. The highest BCUT2D eigenvalue weighted by Gasteiger charge is 2.15. The van der Waals surface area contributed by atoms with Gasteiger partial charge in [-0.05, 0) is 49.4 Å². The van der Waals surface area contributed by atoms with E-state index in [9.17, 15) is 4.39 Å². The maximum Gasteiger partial charge on any atom is 0.257 e. The molecule has 2 aromatic carbocycles. The third-order valence-corrected chi connectivity index (χ3v) is 4.82. The van der Waals surface area contributed by atoms with Gasteiger partial charge in [0.1, 0.15) is 23.9 Å². The molecule has 0 unspecified atom stereocenters. The molecule has 0 amide bonds.